The Morgan fingerprint density at radius 2 is 2.04 bits per heavy atom. The zero-order valence-corrected chi connectivity index (χ0v) is 15.7. The maximum atomic E-state index is 12.4. The Balaban J connectivity index is 1.61. The molecular formula is C19H22N4O2S. The van der Waals surface area contributed by atoms with Gasteiger partial charge < -0.3 is 10.2 Å². The van der Waals surface area contributed by atoms with Crippen molar-refractivity contribution in [3.63, 3.8) is 0 Å². The van der Waals surface area contributed by atoms with E-state index in [2.05, 4.69) is 15.6 Å². The van der Waals surface area contributed by atoms with Crippen LogP contribution in [0.25, 0.3) is 6.08 Å². The minimum absolute atomic E-state index is 0.0139. The molecule has 1 aromatic carbocycles. The number of carbonyl (C=O) groups excluding carboxylic acids is 2. The highest BCUT2D eigenvalue weighted by atomic mass is 32.1. The van der Waals surface area contributed by atoms with Crippen molar-refractivity contribution >= 4 is 34.5 Å². The fourth-order valence-electron chi connectivity index (χ4n) is 2.67. The minimum Gasteiger partial charge on any atom is -0.336 e. The van der Waals surface area contributed by atoms with Gasteiger partial charge in [-0.15, -0.1) is 0 Å². The fourth-order valence-corrected chi connectivity index (χ4v) is 3.69. The molecule has 2 heterocycles. The highest BCUT2D eigenvalue weighted by molar-refractivity contribution is 7.15. The van der Waals surface area contributed by atoms with E-state index in [1.807, 2.05) is 50.3 Å². The number of fused-ring (bicyclic) bond motifs is 1. The highest BCUT2D eigenvalue weighted by Crippen LogP contribution is 2.28. The summed E-state index contributed by atoms with van der Waals surface area (Å²) >= 11 is 1.43. The molecular weight excluding hydrogens is 348 g/mol. The molecule has 0 bridgehead atoms. The van der Waals surface area contributed by atoms with E-state index in [1.165, 1.54) is 11.3 Å². The van der Waals surface area contributed by atoms with E-state index < -0.39 is 0 Å². The first-order valence-electron chi connectivity index (χ1n) is 8.59. The number of amides is 3. The molecule has 0 saturated carbocycles. The summed E-state index contributed by atoms with van der Waals surface area (Å²) in [5.74, 6) is -0.0139. The lowest BCUT2D eigenvalue weighted by Gasteiger charge is -2.24. The summed E-state index contributed by atoms with van der Waals surface area (Å²) < 4.78 is 0. The van der Waals surface area contributed by atoms with Crippen LogP contribution in [0.4, 0.5) is 9.93 Å². The van der Waals surface area contributed by atoms with Crippen LogP contribution in [0, 0.1) is 0 Å². The molecule has 1 aliphatic heterocycles. The molecule has 0 radical (unpaired) electrons. The number of aromatic nitrogens is 1. The second-order valence-electron chi connectivity index (χ2n) is 6.40. The molecule has 1 aliphatic rings. The first-order valence-corrected chi connectivity index (χ1v) is 9.41. The number of rotatable bonds is 4. The monoisotopic (exact) mass is 370 g/mol. The number of hydrogen-bond acceptors (Lipinski definition) is 4. The number of urea groups is 1. The first-order chi connectivity index (χ1) is 12.5. The van der Waals surface area contributed by atoms with E-state index in [-0.39, 0.29) is 18.0 Å². The number of anilines is 1. The molecule has 0 unspecified atom stereocenters. The zero-order valence-electron chi connectivity index (χ0n) is 14.9. The summed E-state index contributed by atoms with van der Waals surface area (Å²) in [4.78, 5) is 31.5. The van der Waals surface area contributed by atoms with Gasteiger partial charge in [0.15, 0.2) is 5.13 Å². The van der Waals surface area contributed by atoms with Gasteiger partial charge in [-0.1, -0.05) is 41.7 Å². The summed E-state index contributed by atoms with van der Waals surface area (Å²) in [7, 11) is 0. The third kappa shape index (κ3) is 4.70. The predicted molar refractivity (Wildman–Crippen MR) is 104 cm³/mol. The first kappa shape index (κ1) is 18.1. The number of benzene rings is 1. The number of carbonyl (C=O) groups is 2. The van der Waals surface area contributed by atoms with Crippen molar-refractivity contribution in [1.82, 2.24) is 15.2 Å². The van der Waals surface area contributed by atoms with E-state index in [1.54, 1.807) is 11.0 Å². The van der Waals surface area contributed by atoms with Crippen LogP contribution < -0.4 is 10.6 Å². The van der Waals surface area contributed by atoms with Crippen LogP contribution in [0.15, 0.2) is 36.4 Å². The van der Waals surface area contributed by atoms with Gasteiger partial charge in [0, 0.05) is 30.0 Å². The molecule has 2 aromatic rings. The van der Waals surface area contributed by atoms with Crippen LogP contribution in [0.5, 0.6) is 0 Å². The Morgan fingerprint density at radius 1 is 1.27 bits per heavy atom. The van der Waals surface area contributed by atoms with Gasteiger partial charge in [0.2, 0.25) is 5.91 Å². The van der Waals surface area contributed by atoms with Crippen molar-refractivity contribution in [2.45, 2.75) is 32.9 Å². The summed E-state index contributed by atoms with van der Waals surface area (Å²) in [6, 6.07) is 9.56. The summed E-state index contributed by atoms with van der Waals surface area (Å²) in [6.45, 7) is 4.96. The smallest absolute Gasteiger partial charge is 0.321 e. The van der Waals surface area contributed by atoms with E-state index >= 15 is 0 Å². The van der Waals surface area contributed by atoms with Crippen molar-refractivity contribution < 1.29 is 9.59 Å². The van der Waals surface area contributed by atoms with Crippen LogP contribution in [-0.2, 0) is 17.8 Å². The van der Waals surface area contributed by atoms with Crippen LogP contribution in [-0.4, -0.2) is 34.4 Å². The Bertz CT molecular complexity index is 814. The molecule has 136 valence electrons. The van der Waals surface area contributed by atoms with E-state index in [4.69, 9.17) is 0 Å². The number of thiazole rings is 1. The molecule has 0 saturated heterocycles. The molecule has 26 heavy (non-hydrogen) atoms. The van der Waals surface area contributed by atoms with Crippen molar-refractivity contribution in [2.24, 2.45) is 0 Å². The number of hydrogen-bond donors (Lipinski definition) is 2. The largest absolute Gasteiger partial charge is 0.336 e. The average Bonchev–Trinajstić information content (AvgIpc) is 3.00. The highest BCUT2D eigenvalue weighted by Gasteiger charge is 2.23. The Labute approximate surface area is 156 Å². The van der Waals surface area contributed by atoms with Gasteiger partial charge in [0.05, 0.1) is 12.2 Å². The lowest BCUT2D eigenvalue weighted by Crippen LogP contribution is -2.34. The summed E-state index contributed by atoms with van der Waals surface area (Å²) in [5, 5.41) is 6.11. The van der Waals surface area contributed by atoms with E-state index in [0.717, 1.165) is 16.1 Å². The van der Waals surface area contributed by atoms with E-state index in [9.17, 15) is 9.59 Å². The van der Waals surface area contributed by atoms with Crippen LogP contribution in [0.3, 0.4) is 0 Å². The molecule has 3 amide bonds. The van der Waals surface area contributed by atoms with Gasteiger partial charge in [-0.05, 0) is 25.5 Å². The average molecular weight is 370 g/mol. The minimum atomic E-state index is -0.259. The quantitative estimate of drug-likeness (QED) is 0.811. The van der Waals surface area contributed by atoms with Crippen molar-refractivity contribution in [2.75, 3.05) is 11.9 Å². The molecule has 6 nitrogen and oxygen atoms in total. The molecule has 0 atom stereocenters. The van der Waals surface area contributed by atoms with Crippen LogP contribution in [0.1, 0.15) is 30.0 Å². The van der Waals surface area contributed by atoms with Crippen molar-refractivity contribution in [3.8, 4) is 0 Å². The van der Waals surface area contributed by atoms with Gasteiger partial charge in [-0.2, -0.15) is 0 Å². The van der Waals surface area contributed by atoms with Crippen LogP contribution in [0.2, 0.25) is 0 Å². The third-order valence-electron chi connectivity index (χ3n) is 3.90. The lowest BCUT2D eigenvalue weighted by molar-refractivity contribution is -0.126. The summed E-state index contributed by atoms with van der Waals surface area (Å²) in [6.07, 6.45) is 4.13. The molecule has 0 fully saturated rings. The molecule has 3 rings (SSSR count). The van der Waals surface area contributed by atoms with Crippen molar-refractivity contribution in [3.05, 3.63) is 52.5 Å². The van der Waals surface area contributed by atoms with Gasteiger partial charge in [0.1, 0.15) is 0 Å². The molecule has 7 heteroatoms. The van der Waals surface area contributed by atoms with Crippen molar-refractivity contribution in [1.29, 1.82) is 0 Å². The second kappa shape index (κ2) is 8.14. The maximum absolute atomic E-state index is 12.4. The van der Waals surface area contributed by atoms with Gasteiger partial charge in [0.25, 0.3) is 0 Å². The number of nitrogens with zero attached hydrogens (tertiary/aromatic N) is 2. The van der Waals surface area contributed by atoms with Gasteiger partial charge in [-0.3, -0.25) is 10.1 Å². The molecule has 0 spiro atoms. The van der Waals surface area contributed by atoms with Gasteiger partial charge >= 0.3 is 6.03 Å². The predicted octanol–water partition coefficient (Wildman–Crippen LogP) is 3.27. The normalized spacial score (nSPS) is 13.7. The SMILES string of the molecule is CC(C)NC(=O)Nc1nc2c(s1)CN(C(=O)/C=C/c1ccccc1)CC2. The number of nitrogens with one attached hydrogen (secondary N) is 2. The standard InChI is InChI=1S/C19H22N4O2S/c1-13(2)20-18(25)22-19-21-15-10-11-23(12-16(15)26-19)17(24)9-8-14-6-4-3-5-7-14/h3-9,13H,10-12H2,1-2H3,(H2,20,21,22,25)/b9-8+. The lowest BCUT2D eigenvalue weighted by atomic mass is 10.1. The van der Waals surface area contributed by atoms with E-state index in [0.29, 0.717) is 24.6 Å². The Hall–Kier alpha value is -2.67. The fraction of sp³-hybridized carbons (Fsp3) is 0.316. The second-order valence-corrected chi connectivity index (χ2v) is 7.48. The molecule has 1 aromatic heterocycles. The Morgan fingerprint density at radius 3 is 2.77 bits per heavy atom. The zero-order chi connectivity index (χ0) is 18.5. The summed E-state index contributed by atoms with van der Waals surface area (Å²) in [5.41, 5.74) is 1.96. The third-order valence-corrected chi connectivity index (χ3v) is 4.90. The molecule has 2 N–H and O–H groups in total. The topological polar surface area (TPSA) is 74.3 Å². The maximum Gasteiger partial charge on any atom is 0.321 e. The molecule has 0 aliphatic carbocycles. The van der Waals surface area contributed by atoms with Gasteiger partial charge in [-0.25, -0.2) is 9.78 Å². The Kier molecular flexibility index (Phi) is 5.68. The van der Waals surface area contributed by atoms with Crippen LogP contribution >= 0.6 is 11.3 Å².